The molecule has 0 amide bonds. The number of fused-ring (bicyclic) bond motifs is 1. The molecule has 5 heteroatoms. The number of aromatic hydroxyl groups is 1. The van der Waals surface area contributed by atoms with Crippen molar-refractivity contribution in [1.82, 2.24) is 0 Å². The van der Waals surface area contributed by atoms with Crippen molar-refractivity contribution < 1.29 is 19.0 Å². The lowest BCUT2D eigenvalue weighted by molar-refractivity contribution is 0.370. The number of benzene rings is 1. The number of methoxy groups -OCH3 is 2. The van der Waals surface area contributed by atoms with E-state index in [4.69, 9.17) is 13.9 Å². The average molecular weight is 236 g/mol. The Labute approximate surface area is 97.2 Å². The predicted octanol–water partition coefficient (Wildman–Crippen LogP) is 1.82. The fourth-order valence-electron chi connectivity index (χ4n) is 1.87. The highest BCUT2D eigenvalue weighted by Crippen LogP contribution is 2.39. The Morgan fingerprint density at radius 3 is 2.53 bits per heavy atom. The molecule has 2 rings (SSSR count). The van der Waals surface area contributed by atoms with Gasteiger partial charge in [-0.3, -0.25) is 0 Å². The van der Waals surface area contributed by atoms with Crippen LogP contribution in [0.5, 0.6) is 17.2 Å². The van der Waals surface area contributed by atoms with Crippen LogP contribution in [0.4, 0.5) is 0 Å². The summed E-state index contributed by atoms with van der Waals surface area (Å²) in [6, 6.07) is 2.59. The van der Waals surface area contributed by atoms with Crippen LogP contribution >= 0.6 is 0 Å². The molecule has 17 heavy (non-hydrogen) atoms. The van der Waals surface area contributed by atoms with Crippen molar-refractivity contribution in [3.8, 4) is 17.2 Å². The van der Waals surface area contributed by atoms with Crippen LogP contribution in [0.15, 0.2) is 21.3 Å². The Balaban J connectivity index is 2.97. The SMILES string of the molecule is COc1c(O)cc2oc(=O)cc(OC)c2c1C. The summed E-state index contributed by atoms with van der Waals surface area (Å²) >= 11 is 0. The summed E-state index contributed by atoms with van der Waals surface area (Å²) in [6.07, 6.45) is 0. The highest BCUT2D eigenvalue weighted by atomic mass is 16.5. The van der Waals surface area contributed by atoms with Gasteiger partial charge in [0.2, 0.25) is 0 Å². The van der Waals surface area contributed by atoms with Crippen LogP contribution in [0.1, 0.15) is 5.56 Å². The van der Waals surface area contributed by atoms with E-state index >= 15 is 0 Å². The van der Waals surface area contributed by atoms with E-state index < -0.39 is 5.63 Å². The van der Waals surface area contributed by atoms with E-state index in [0.717, 1.165) is 0 Å². The van der Waals surface area contributed by atoms with Gasteiger partial charge in [0, 0.05) is 11.6 Å². The molecule has 1 heterocycles. The molecular formula is C12H12O5. The minimum atomic E-state index is -0.529. The third-order valence-corrected chi connectivity index (χ3v) is 2.59. The third-order valence-electron chi connectivity index (χ3n) is 2.59. The molecule has 1 aromatic heterocycles. The topological polar surface area (TPSA) is 68.9 Å². The summed E-state index contributed by atoms with van der Waals surface area (Å²) in [7, 11) is 2.92. The first-order chi connectivity index (χ1) is 8.08. The molecule has 0 bridgehead atoms. The van der Waals surface area contributed by atoms with Crippen LogP contribution in [0.2, 0.25) is 0 Å². The third kappa shape index (κ3) is 1.69. The maximum atomic E-state index is 11.3. The van der Waals surface area contributed by atoms with E-state index in [0.29, 0.717) is 22.4 Å². The van der Waals surface area contributed by atoms with E-state index in [1.165, 1.54) is 26.4 Å². The average Bonchev–Trinajstić information content (AvgIpc) is 2.27. The lowest BCUT2D eigenvalue weighted by Crippen LogP contribution is -2.00. The van der Waals surface area contributed by atoms with Gasteiger partial charge in [-0.05, 0) is 6.92 Å². The lowest BCUT2D eigenvalue weighted by Gasteiger charge is -2.11. The molecule has 1 N–H and O–H groups in total. The van der Waals surface area contributed by atoms with Crippen LogP contribution in [-0.4, -0.2) is 19.3 Å². The second kappa shape index (κ2) is 4.01. The maximum Gasteiger partial charge on any atom is 0.339 e. The van der Waals surface area contributed by atoms with Gasteiger partial charge in [-0.1, -0.05) is 0 Å². The van der Waals surface area contributed by atoms with E-state index in [1.54, 1.807) is 6.92 Å². The zero-order valence-corrected chi connectivity index (χ0v) is 9.73. The Morgan fingerprint density at radius 2 is 1.94 bits per heavy atom. The molecule has 5 nitrogen and oxygen atoms in total. The first-order valence-electron chi connectivity index (χ1n) is 4.97. The molecule has 0 aliphatic carbocycles. The second-order valence-corrected chi connectivity index (χ2v) is 3.56. The minimum absolute atomic E-state index is 0.0751. The summed E-state index contributed by atoms with van der Waals surface area (Å²) in [4.78, 5) is 11.3. The van der Waals surface area contributed by atoms with Gasteiger partial charge in [0.25, 0.3) is 0 Å². The van der Waals surface area contributed by atoms with Crippen LogP contribution in [-0.2, 0) is 0 Å². The Bertz CT molecular complexity index is 627. The molecule has 0 saturated heterocycles. The van der Waals surface area contributed by atoms with Gasteiger partial charge in [-0.25, -0.2) is 4.79 Å². The van der Waals surface area contributed by atoms with Crippen molar-refractivity contribution in [2.24, 2.45) is 0 Å². The molecule has 90 valence electrons. The van der Waals surface area contributed by atoms with Crippen LogP contribution in [0.25, 0.3) is 11.0 Å². The normalized spacial score (nSPS) is 10.5. The fraction of sp³-hybridized carbons (Fsp3) is 0.250. The first-order valence-corrected chi connectivity index (χ1v) is 4.97. The molecule has 0 fully saturated rings. The number of aryl methyl sites for hydroxylation is 1. The molecule has 2 aromatic rings. The van der Waals surface area contributed by atoms with E-state index in [2.05, 4.69) is 0 Å². The summed E-state index contributed by atoms with van der Waals surface area (Å²) in [5, 5.41) is 10.3. The van der Waals surface area contributed by atoms with Crippen molar-refractivity contribution in [1.29, 1.82) is 0 Å². The Hall–Kier alpha value is -2.17. The number of ether oxygens (including phenoxy) is 2. The second-order valence-electron chi connectivity index (χ2n) is 3.56. The Kier molecular flexibility index (Phi) is 2.67. The van der Waals surface area contributed by atoms with Gasteiger partial charge in [0.05, 0.1) is 25.7 Å². The van der Waals surface area contributed by atoms with Crippen LogP contribution < -0.4 is 15.1 Å². The number of hydrogen-bond donors (Lipinski definition) is 1. The quantitative estimate of drug-likeness (QED) is 0.805. The standard InChI is InChI=1S/C12H12O5/c1-6-11-8(15-2)5-10(14)17-9(11)4-7(13)12(6)16-3/h4-5,13H,1-3H3. The maximum absolute atomic E-state index is 11.3. The van der Waals surface area contributed by atoms with Crippen molar-refractivity contribution in [3.63, 3.8) is 0 Å². The molecule has 0 aliphatic rings. The highest BCUT2D eigenvalue weighted by Gasteiger charge is 2.16. The van der Waals surface area contributed by atoms with Gasteiger partial charge in [-0.2, -0.15) is 0 Å². The number of hydrogen-bond acceptors (Lipinski definition) is 5. The molecule has 0 unspecified atom stereocenters. The van der Waals surface area contributed by atoms with E-state index in [-0.39, 0.29) is 11.3 Å². The zero-order valence-electron chi connectivity index (χ0n) is 9.73. The smallest absolute Gasteiger partial charge is 0.339 e. The molecule has 0 saturated carbocycles. The van der Waals surface area contributed by atoms with Gasteiger partial charge in [0.15, 0.2) is 11.5 Å². The molecule has 0 spiro atoms. The highest BCUT2D eigenvalue weighted by molar-refractivity contribution is 5.90. The predicted molar refractivity (Wildman–Crippen MR) is 62.0 cm³/mol. The van der Waals surface area contributed by atoms with Crippen LogP contribution in [0.3, 0.4) is 0 Å². The number of phenolic OH excluding ortho intramolecular Hbond substituents is 1. The van der Waals surface area contributed by atoms with Crippen molar-refractivity contribution >= 4 is 11.0 Å². The first kappa shape index (κ1) is 11.3. The fourth-order valence-corrected chi connectivity index (χ4v) is 1.87. The van der Waals surface area contributed by atoms with Gasteiger partial charge in [-0.15, -0.1) is 0 Å². The van der Waals surface area contributed by atoms with Crippen molar-refractivity contribution in [2.75, 3.05) is 14.2 Å². The summed E-state index contributed by atoms with van der Waals surface area (Å²) in [5.41, 5.74) is 0.395. The van der Waals surface area contributed by atoms with Gasteiger partial charge < -0.3 is 19.0 Å². The lowest BCUT2D eigenvalue weighted by atomic mass is 10.1. The summed E-state index contributed by atoms with van der Waals surface area (Å²) < 4.78 is 15.2. The zero-order chi connectivity index (χ0) is 12.6. The number of phenols is 1. The monoisotopic (exact) mass is 236 g/mol. The Morgan fingerprint density at radius 1 is 1.24 bits per heavy atom. The molecule has 0 atom stereocenters. The minimum Gasteiger partial charge on any atom is -0.504 e. The molecule has 1 aromatic carbocycles. The van der Waals surface area contributed by atoms with E-state index in [1.807, 2.05) is 0 Å². The van der Waals surface area contributed by atoms with Crippen molar-refractivity contribution in [2.45, 2.75) is 6.92 Å². The summed E-state index contributed by atoms with van der Waals surface area (Å²) in [6.45, 7) is 1.75. The van der Waals surface area contributed by atoms with Gasteiger partial charge in [0.1, 0.15) is 11.3 Å². The van der Waals surface area contributed by atoms with E-state index in [9.17, 15) is 9.90 Å². The van der Waals surface area contributed by atoms with Crippen LogP contribution in [0, 0.1) is 6.92 Å². The molecule has 0 aliphatic heterocycles. The summed E-state index contributed by atoms with van der Waals surface area (Å²) in [5.74, 6) is 0.658. The van der Waals surface area contributed by atoms with Crippen molar-refractivity contribution in [3.05, 3.63) is 28.1 Å². The largest absolute Gasteiger partial charge is 0.504 e. The van der Waals surface area contributed by atoms with Gasteiger partial charge >= 0.3 is 5.63 Å². The number of rotatable bonds is 2. The molecule has 0 radical (unpaired) electrons. The molecular weight excluding hydrogens is 224 g/mol.